The summed E-state index contributed by atoms with van der Waals surface area (Å²) in [6.45, 7) is 5.60. The molecule has 0 aromatic heterocycles. The minimum atomic E-state index is -0.243. The fourth-order valence-corrected chi connectivity index (χ4v) is 3.60. The van der Waals surface area contributed by atoms with E-state index in [1.54, 1.807) is 7.11 Å². The number of methoxy groups -OCH3 is 1. The summed E-state index contributed by atoms with van der Waals surface area (Å²) >= 11 is 0. The van der Waals surface area contributed by atoms with Gasteiger partial charge in [0.1, 0.15) is 11.8 Å². The van der Waals surface area contributed by atoms with Gasteiger partial charge in [0, 0.05) is 26.2 Å². The van der Waals surface area contributed by atoms with Gasteiger partial charge in [-0.25, -0.2) is 0 Å². The molecule has 5 heteroatoms. The molecule has 1 fully saturated rings. The Balaban J connectivity index is 1.69. The van der Waals surface area contributed by atoms with Crippen LogP contribution in [0.25, 0.3) is 0 Å². The molecular weight excluding hydrogens is 340 g/mol. The molecule has 0 saturated carbocycles. The van der Waals surface area contributed by atoms with Crippen LogP contribution in [-0.4, -0.2) is 56.8 Å². The second-order valence-electron chi connectivity index (χ2n) is 6.65. The van der Waals surface area contributed by atoms with Crippen molar-refractivity contribution in [2.24, 2.45) is 0 Å². The van der Waals surface area contributed by atoms with E-state index in [1.807, 2.05) is 43.3 Å². The zero-order valence-electron chi connectivity index (χ0n) is 16.1. The minimum Gasteiger partial charge on any atom is -0.495 e. The lowest BCUT2D eigenvalue weighted by Gasteiger charge is -2.39. The number of carbonyl (C=O) groups excluding carboxylic acids is 1. The van der Waals surface area contributed by atoms with Crippen LogP contribution in [0.1, 0.15) is 12.5 Å². The van der Waals surface area contributed by atoms with Crippen molar-refractivity contribution in [2.45, 2.75) is 19.4 Å². The van der Waals surface area contributed by atoms with Gasteiger partial charge in [-0.1, -0.05) is 42.5 Å². The maximum atomic E-state index is 12.6. The summed E-state index contributed by atoms with van der Waals surface area (Å²) < 4.78 is 10.9. The van der Waals surface area contributed by atoms with Crippen LogP contribution in [0.5, 0.6) is 5.75 Å². The standard InChI is InChI=1S/C22H28N2O3/c1-3-27-22(25)20(17-18-9-5-4-6-10-18)24-15-13-23(14-16-24)19-11-7-8-12-21(19)26-2/h4-12,20H,3,13-17H2,1-2H3. The molecule has 0 amide bonds. The lowest BCUT2D eigenvalue weighted by molar-refractivity contribution is -0.149. The number of rotatable bonds is 7. The Kier molecular flexibility index (Phi) is 6.71. The summed E-state index contributed by atoms with van der Waals surface area (Å²) in [5, 5.41) is 0. The van der Waals surface area contributed by atoms with Crippen LogP contribution in [0.4, 0.5) is 5.69 Å². The maximum absolute atomic E-state index is 12.6. The third-order valence-electron chi connectivity index (χ3n) is 5.01. The molecule has 0 bridgehead atoms. The van der Waals surface area contributed by atoms with E-state index in [0.717, 1.165) is 43.2 Å². The number of carbonyl (C=O) groups is 1. The monoisotopic (exact) mass is 368 g/mol. The molecule has 1 heterocycles. The van der Waals surface area contributed by atoms with Gasteiger partial charge in [0.05, 0.1) is 19.4 Å². The van der Waals surface area contributed by atoms with E-state index in [1.165, 1.54) is 0 Å². The third kappa shape index (κ3) is 4.80. The van der Waals surface area contributed by atoms with Crippen LogP contribution in [-0.2, 0) is 16.0 Å². The summed E-state index contributed by atoms with van der Waals surface area (Å²) in [4.78, 5) is 17.2. The van der Waals surface area contributed by atoms with Gasteiger partial charge in [-0.15, -0.1) is 0 Å². The van der Waals surface area contributed by atoms with Crippen LogP contribution in [0, 0.1) is 0 Å². The van der Waals surface area contributed by atoms with E-state index in [2.05, 4.69) is 28.0 Å². The Hall–Kier alpha value is -2.53. The Morgan fingerprint density at radius 3 is 2.33 bits per heavy atom. The molecule has 1 unspecified atom stereocenters. The summed E-state index contributed by atoms with van der Waals surface area (Å²) in [5.74, 6) is 0.754. The molecule has 0 spiro atoms. The largest absolute Gasteiger partial charge is 0.495 e. The minimum absolute atomic E-state index is 0.132. The molecule has 1 atom stereocenters. The lowest BCUT2D eigenvalue weighted by atomic mass is 10.0. The fourth-order valence-electron chi connectivity index (χ4n) is 3.60. The molecule has 1 aliphatic rings. The quantitative estimate of drug-likeness (QED) is 0.703. The molecule has 1 saturated heterocycles. The maximum Gasteiger partial charge on any atom is 0.323 e. The molecule has 5 nitrogen and oxygen atoms in total. The summed E-state index contributed by atoms with van der Waals surface area (Å²) in [6.07, 6.45) is 0.675. The van der Waals surface area contributed by atoms with E-state index in [0.29, 0.717) is 13.0 Å². The molecule has 0 radical (unpaired) electrons. The van der Waals surface area contributed by atoms with Gasteiger partial charge in [-0.2, -0.15) is 0 Å². The Morgan fingerprint density at radius 2 is 1.67 bits per heavy atom. The average Bonchev–Trinajstić information content (AvgIpc) is 2.73. The first-order valence-corrected chi connectivity index (χ1v) is 9.55. The van der Waals surface area contributed by atoms with Gasteiger partial charge in [0.2, 0.25) is 0 Å². The fraction of sp³-hybridized carbons (Fsp3) is 0.409. The van der Waals surface area contributed by atoms with E-state index in [-0.39, 0.29) is 12.0 Å². The van der Waals surface area contributed by atoms with Gasteiger partial charge >= 0.3 is 5.97 Å². The number of benzene rings is 2. The predicted molar refractivity (Wildman–Crippen MR) is 107 cm³/mol. The predicted octanol–water partition coefficient (Wildman–Crippen LogP) is 2.99. The number of hydrogen-bond donors (Lipinski definition) is 0. The molecule has 144 valence electrons. The first kappa shape index (κ1) is 19.2. The van der Waals surface area contributed by atoms with Gasteiger partial charge in [0.25, 0.3) is 0 Å². The summed E-state index contributed by atoms with van der Waals surface area (Å²) in [5.41, 5.74) is 2.26. The number of nitrogens with zero attached hydrogens (tertiary/aromatic N) is 2. The Morgan fingerprint density at radius 1 is 1.00 bits per heavy atom. The Bertz CT molecular complexity index is 727. The topological polar surface area (TPSA) is 42.0 Å². The van der Waals surface area contributed by atoms with Crippen molar-refractivity contribution in [2.75, 3.05) is 44.8 Å². The van der Waals surface area contributed by atoms with E-state index < -0.39 is 0 Å². The van der Waals surface area contributed by atoms with Crippen LogP contribution in [0.3, 0.4) is 0 Å². The van der Waals surface area contributed by atoms with Crippen LogP contribution >= 0.6 is 0 Å². The van der Waals surface area contributed by atoms with E-state index in [4.69, 9.17) is 9.47 Å². The number of hydrogen-bond acceptors (Lipinski definition) is 5. The van der Waals surface area contributed by atoms with Crippen molar-refractivity contribution in [1.29, 1.82) is 0 Å². The lowest BCUT2D eigenvalue weighted by Crippen LogP contribution is -2.54. The molecule has 2 aromatic carbocycles. The van der Waals surface area contributed by atoms with Gasteiger partial charge < -0.3 is 14.4 Å². The average molecular weight is 368 g/mol. The van der Waals surface area contributed by atoms with Gasteiger partial charge in [-0.3, -0.25) is 9.69 Å². The van der Waals surface area contributed by atoms with Crippen molar-refractivity contribution in [1.82, 2.24) is 4.90 Å². The number of anilines is 1. The number of ether oxygens (including phenoxy) is 2. The SMILES string of the molecule is CCOC(=O)C(Cc1ccccc1)N1CCN(c2ccccc2OC)CC1. The van der Waals surface area contributed by atoms with Crippen LogP contribution < -0.4 is 9.64 Å². The van der Waals surface area contributed by atoms with E-state index in [9.17, 15) is 4.79 Å². The Labute approximate surface area is 161 Å². The molecule has 2 aromatic rings. The second kappa shape index (κ2) is 9.42. The highest BCUT2D eigenvalue weighted by Crippen LogP contribution is 2.28. The highest BCUT2D eigenvalue weighted by atomic mass is 16.5. The normalized spacial score (nSPS) is 16.0. The van der Waals surface area contributed by atoms with Gasteiger partial charge in [0.15, 0.2) is 0 Å². The van der Waals surface area contributed by atoms with Crippen LogP contribution in [0.2, 0.25) is 0 Å². The van der Waals surface area contributed by atoms with Crippen LogP contribution in [0.15, 0.2) is 54.6 Å². The molecule has 27 heavy (non-hydrogen) atoms. The molecule has 0 aliphatic carbocycles. The zero-order chi connectivity index (χ0) is 19.1. The second-order valence-corrected chi connectivity index (χ2v) is 6.65. The molecule has 1 aliphatic heterocycles. The molecule has 0 N–H and O–H groups in total. The number of piperazine rings is 1. The summed E-state index contributed by atoms with van der Waals surface area (Å²) in [7, 11) is 1.70. The van der Waals surface area contributed by atoms with Gasteiger partial charge in [-0.05, 0) is 31.0 Å². The first-order chi connectivity index (χ1) is 13.2. The van der Waals surface area contributed by atoms with Crippen molar-refractivity contribution in [3.8, 4) is 5.75 Å². The third-order valence-corrected chi connectivity index (χ3v) is 5.01. The van der Waals surface area contributed by atoms with E-state index >= 15 is 0 Å². The highest BCUT2D eigenvalue weighted by Gasteiger charge is 2.30. The zero-order valence-corrected chi connectivity index (χ0v) is 16.1. The smallest absolute Gasteiger partial charge is 0.323 e. The van der Waals surface area contributed by atoms with Crippen molar-refractivity contribution in [3.63, 3.8) is 0 Å². The summed E-state index contributed by atoms with van der Waals surface area (Å²) in [6, 6.07) is 18.0. The highest BCUT2D eigenvalue weighted by molar-refractivity contribution is 5.76. The van der Waals surface area contributed by atoms with Crippen molar-refractivity contribution in [3.05, 3.63) is 60.2 Å². The van der Waals surface area contributed by atoms with Crippen molar-refractivity contribution < 1.29 is 14.3 Å². The number of esters is 1. The molecular formula is C22H28N2O3. The number of para-hydroxylation sites is 2. The van der Waals surface area contributed by atoms with Crippen molar-refractivity contribution >= 4 is 11.7 Å². The molecule has 3 rings (SSSR count). The first-order valence-electron chi connectivity index (χ1n) is 9.55.